The number of oxazole rings is 1. The fourth-order valence-corrected chi connectivity index (χ4v) is 1.44. The molecule has 0 aliphatic heterocycles. The number of aryl methyl sites for hydroxylation is 2. The fraction of sp³-hybridized carbons (Fsp3) is 0.364. The van der Waals surface area contributed by atoms with Crippen LogP contribution >= 0.6 is 0 Å². The normalized spacial score (nSPS) is 10.5. The van der Waals surface area contributed by atoms with E-state index in [9.17, 15) is 0 Å². The molecule has 2 aromatic heterocycles. The minimum absolute atomic E-state index is 0.258. The lowest BCUT2D eigenvalue weighted by atomic mass is 10.4. The van der Waals surface area contributed by atoms with Crippen LogP contribution < -0.4 is 11.1 Å². The summed E-state index contributed by atoms with van der Waals surface area (Å²) in [5.41, 5.74) is 6.37. The number of anilines is 2. The number of nitrogens with two attached hydrogens (primary N) is 1. The number of aromatic nitrogens is 3. The molecule has 0 aromatic carbocycles. The Hall–Kier alpha value is -2.11. The molecule has 0 aliphatic carbocycles. The van der Waals surface area contributed by atoms with Gasteiger partial charge in [0.1, 0.15) is 11.6 Å². The lowest BCUT2D eigenvalue weighted by Crippen LogP contribution is -2.05. The zero-order chi connectivity index (χ0) is 12.3. The molecule has 0 atom stereocenters. The van der Waals surface area contributed by atoms with Gasteiger partial charge in [-0.05, 0) is 6.92 Å². The van der Waals surface area contributed by atoms with E-state index in [0.29, 0.717) is 18.3 Å². The molecule has 0 aliphatic rings. The molecule has 2 heterocycles. The molecule has 0 radical (unpaired) electrons. The number of nitrogens with one attached hydrogen (secondary N) is 1. The lowest BCUT2D eigenvalue weighted by Gasteiger charge is -2.04. The van der Waals surface area contributed by atoms with Crippen LogP contribution in [-0.2, 0) is 13.0 Å². The molecule has 0 fully saturated rings. The van der Waals surface area contributed by atoms with Gasteiger partial charge in [-0.2, -0.15) is 4.98 Å². The van der Waals surface area contributed by atoms with Crippen molar-refractivity contribution in [1.29, 1.82) is 0 Å². The summed E-state index contributed by atoms with van der Waals surface area (Å²) in [6.45, 7) is 4.37. The third-order valence-corrected chi connectivity index (χ3v) is 2.24. The maximum absolute atomic E-state index is 5.55. The van der Waals surface area contributed by atoms with E-state index >= 15 is 0 Å². The molecule has 0 amide bonds. The molecule has 17 heavy (non-hydrogen) atoms. The summed E-state index contributed by atoms with van der Waals surface area (Å²) in [4.78, 5) is 12.2. The highest BCUT2D eigenvalue weighted by molar-refractivity contribution is 5.40. The SMILES string of the molecule is CCc1cnc(CNc2cc(C)nc(N)n2)o1. The van der Waals surface area contributed by atoms with Crippen molar-refractivity contribution in [3.63, 3.8) is 0 Å². The number of hydrogen-bond acceptors (Lipinski definition) is 6. The molecule has 0 bridgehead atoms. The van der Waals surface area contributed by atoms with E-state index in [1.807, 2.05) is 19.9 Å². The lowest BCUT2D eigenvalue weighted by molar-refractivity contribution is 0.465. The van der Waals surface area contributed by atoms with Gasteiger partial charge in [-0.1, -0.05) is 6.92 Å². The largest absolute Gasteiger partial charge is 0.444 e. The molecular formula is C11H15N5O. The van der Waals surface area contributed by atoms with E-state index in [1.165, 1.54) is 0 Å². The van der Waals surface area contributed by atoms with Crippen molar-refractivity contribution in [3.8, 4) is 0 Å². The second-order valence-corrected chi connectivity index (χ2v) is 3.68. The fourth-order valence-electron chi connectivity index (χ4n) is 1.44. The summed E-state index contributed by atoms with van der Waals surface area (Å²) in [6, 6.07) is 1.82. The van der Waals surface area contributed by atoms with Gasteiger partial charge in [-0.25, -0.2) is 9.97 Å². The molecule has 2 aromatic rings. The molecule has 6 heteroatoms. The predicted molar refractivity (Wildman–Crippen MR) is 64.4 cm³/mol. The van der Waals surface area contributed by atoms with Crippen LogP contribution in [-0.4, -0.2) is 15.0 Å². The minimum Gasteiger partial charge on any atom is -0.444 e. The third kappa shape index (κ3) is 2.93. The molecular weight excluding hydrogens is 218 g/mol. The standard InChI is InChI=1S/C11H15N5O/c1-3-8-5-14-10(17-8)6-13-9-4-7(2)15-11(12)16-9/h4-5H,3,6H2,1-2H3,(H3,12,13,15,16). The van der Waals surface area contributed by atoms with E-state index < -0.39 is 0 Å². The first-order chi connectivity index (χ1) is 8.17. The van der Waals surface area contributed by atoms with Crippen LogP contribution in [0.2, 0.25) is 0 Å². The van der Waals surface area contributed by atoms with E-state index in [4.69, 9.17) is 10.2 Å². The molecule has 0 spiro atoms. The van der Waals surface area contributed by atoms with E-state index in [0.717, 1.165) is 17.9 Å². The smallest absolute Gasteiger partial charge is 0.222 e. The highest BCUT2D eigenvalue weighted by Gasteiger charge is 2.03. The number of rotatable bonds is 4. The van der Waals surface area contributed by atoms with Crippen molar-refractivity contribution in [2.45, 2.75) is 26.8 Å². The van der Waals surface area contributed by atoms with Crippen molar-refractivity contribution in [3.05, 3.63) is 29.6 Å². The average Bonchev–Trinajstić information content (AvgIpc) is 2.73. The predicted octanol–water partition coefficient (Wildman–Crippen LogP) is 1.53. The summed E-state index contributed by atoms with van der Waals surface area (Å²) in [7, 11) is 0. The minimum atomic E-state index is 0.258. The van der Waals surface area contributed by atoms with Crippen LogP contribution in [0.3, 0.4) is 0 Å². The Morgan fingerprint density at radius 2 is 2.24 bits per heavy atom. The van der Waals surface area contributed by atoms with Gasteiger partial charge in [0.05, 0.1) is 12.7 Å². The first-order valence-electron chi connectivity index (χ1n) is 5.46. The zero-order valence-electron chi connectivity index (χ0n) is 9.90. The van der Waals surface area contributed by atoms with Crippen molar-refractivity contribution < 1.29 is 4.42 Å². The monoisotopic (exact) mass is 233 g/mol. The van der Waals surface area contributed by atoms with Gasteiger partial charge >= 0.3 is 0 Å². The third-order valence-electron chi connectivity index (χ3n) is 2.24. The molecule has 0 saturated heterocycles. The van der Waals surface area contributed by atoms with E-state index in [1.54, 1.807) is 6.20 Å². The van der Waals surface area contributed by atoms with Gasteiger partial charge in [0.25, 0.3) is 0 Å². The maximum Gasteiger partial charge on any atom is 0.222 e. The second kappa shape index (κ2) is 4.82. The van der Waals surface area contributed by atoms with Gasteiger partial charge < -0.3 is 15.5 Å². The highest BCUT2D eigenvalue weighted by Crippen LogP contribution is 2.10. The average molecular weight is 233 g/mol. The summed E-state index contributed by atoms with van der Waals surface area (Å²) in [6.07, 6.45) is 2.57. The van der Waals surface area contributed by atoms with Crippen LogP contribution in [0, 0.1) is 6.92 Å². The topological polar surface area (TPSA) is 89.9 Å². The Kier molecular flexibility index (Phi) is 3.22. The Morgan fingerprint density at radius 3 is 2.88 bits per heavy atom. The Labute approximate surface area is 99.3 Å². The molecule has 90 valence electrons. The first kappa shape index (κ1) is 11.4. The van der Waals surface area contributed by atoms with Gasteiger partial charge in [0, 0.05) is 18.2 Å². The quantitative estimate of drug-likeness (QED) is 0.832. The Morgan fingerprint density at radius 1 is 1.41 bits per heavy atom. The summed E-state index contributed by atoms with van der Waals surface area (Å²) < 4.78 is 5.47. The van der Waals surface area contributed by atoms with E-state index in [2.05, 4.69) is 20.3 Å². The van der Waals surface area contributed by atoms with Gasteiger partial charge in [0.15, 0.2) is 0 Å². The zero-order valence-corrected chi connectivity index (χ0v) is 9.90. The summed E-state index contributed by atoms with van der Waals surface area (Å²) in [5.74, 6) is 2.44. The Bertz CT molecular complexity index is 488. The summed E-state index contributed by atoms with van der Waals surface area (Å²) >= 11 is 0. The second-order valence-electron chi connectivity index (χ2n) is 3.68. The van der Waals surface area contributed by atoms with Crippen LogP contribution in [0.15, 0.2) is 16.7 Å². The maximum atomic E-state index is 5.55. The van der Waals surface area contributed by atoms with Crippen LogP contribution in [0.5, 0.6) is 0 Å². The van der Waals surface area contributed by atoms with Gasteiger partial charge in [-0.15, -0.1) is 0 Å². The van der Waals surface area contributed by atoms with Gasteiger partial charge in [0.2, 0.25) is 11.8 Å². The molecule has 0 saturated carbocycles. The van der Waals surface area contributed by atoms with Crippen molar-refractivity contribution in [2.75, 3.05) is 11.1 Å². The highest BCUT2D eigenvalue weighted by atomic mass is 16.4. The Balaban J connectivity index is 2.01. The van der Waals surface area contributed by atoms with Crippen LogP contribution in [0.4, 0.5) is 11.8 Å². The number of nitrogens with zero attached hydrogens (tertiary/aromatic N) is 3. The molecule has 6 nitrogen and oxygen atoms in total. The summed E-state index contributed by atoms with van der Waals surface area (Å²) in [5, 5.41) is 3.09. The van der Waals surface area contributed by atoms with Gasteiger partial charge in [-0.3, -0.25) is 0 Å². The molecule has 3 N–H and O–H groups in total. The molecule has 2 rings (SSSR count). The van der Waals surface area contributed by atoms with Crippen LogP contribution in [0.25, 0.3) is 0 Å². The van der Waals surface area contributed by atoms with E-state index in [-0.39, 0.29) is 5.95 Å². The van der Waals surface area contributed by atoms with Crippen molar-refractivity contribution in [2.24, 2.45) is 0 Å². The number of hydrogen-bond donors (Lipinski definition) is 2. The van der Waals surface area contributed by atoms with Crippen LogP contribution in [0.1, 0.15) is 24.3 Å². The molecule has 0 unspecified atom stereocenters. The van der Waals surface area contributed by atoms with Crippen molar-refractivity contribution >= 4 is 11.8 Å². The number of nitrogen functional groups attached to an aromatic ring is 1. The first-order valence-corrected chi connectivity index (χ1v) is 5.46. The van der Waals surface area contributed by atoms with Crippen molar-refractivity contribution in [1.82, 2.24) is 15.0 Å².